The first-order valence-electron chi connectivity index (χ1n) is 8.59. The van der Waals surface area contributed by atoms with Crippen LogP contribution in [0.25, 0.3) is 0 Å². The van der Waals surface area contributed by atoms with Crippen molar-refractivity contribution < 1.29 is 9.47 Å². The van der Waals surface area contributed by atoms with Crippen molar-refractivity contribution in [2.24, 2.45) is 0 Å². The topological polar surface area (TPSA) is 18.5 Å². The van der Waals surface area contributed by atoms with Crippen LogP contribution in [-0.4, -0.2) is 14.2 Å². The first-order chi connectivity index (χ1) is 11.3. The molecule has 2 nitrogen and oxygen atoms in total. The van der Waals surface area contributed by atoms with Crippen LogP contribution in [0.15, 0.2) is 12.1 Å². The van der Waals surface area contributed by atoms with Gasteiger partial charge in [0.25, 0.3) is 0 Å². The van der Waals surface area contributed by atoms with Crippen LogP contribution in [0.4, 0.5) is 0 Å². The number of hydrogen-bond acceptors (Lipinski definition) is 2. The SMILES string of the molecule is COc1cc(CCc2c(C)c(C)c(C)c(C)c2C)c(OC)cc1C. The maximum absolute atomic E-state index is 5.59. The van der Waals surface area contributed by atoms with Crippen molar-refractivity contribution in [3.63, 3.8) is 0 Å². The van der Waals surface area contributed by atoms with E-state index in [9.17, 15) is 0 Å². The van der Waals surface area contributed by atoms with Gasteiger partial charge in [-0.1, -0.05) is 0 Å². The van der Waals surface area contributed by atoms with Gasteiger partial charge in [-0.15, -0.1) is 0 Å². The zero-order chi connectivity index (χ0) is 18.0. The van der Waals surface area contributed by atoms with Crippen LogP contribution in [0.2, 0.25) is 0 Å². The third-order valence-corrected chi connectivity index (χ3v) is 5.60. The normalized spacial score (nSPS) is 10.8. The molecule has 0 N–H and O–H groups in total. The zero-order valence-corrected chi connectivity index (χ0v) is 16.4. The van der Waals surface area contributed by atoms with Gasteiger partial charge in [-0.25, -0.2) is 0 Å². The van der Waals surface area contributed by atoms with Crippen LogP contribution in [0.1, 0.15) is 44.5 Å². The van der Waals surface area contributed by atoms with E-state index in [0.717, 1.165) is 29.9 Å². The van der Waals surface area contributed by atoms with Crippen molar-refractivity contribution in [2.75, 3.05) is 14.2 Å². The molecule has 0 atom stereocenters. The molecule has 0 saturated carbocycles. The predicted molar refractivity (Wildman–Crippen MR) is 102 cm³/mol. The third kappa shape index (κ3) is 3.28. The number of hydrogen-bond donors (Lipinski definition) is 0. The summed E-state index contributed by atoms with van der Waals surface area (Å²) < 4.78 is 11.1. The molecule has 2 aromatic rings. The Morgan fingerprint density at radius 3 is 1.62 bits per heavy atom. The average Bonchev–Trinajstić information content (AvgIpc) is 2.58. The zero-order valence-electron chi connectivity index (χ0n) is 16.4. The minimum absolute atomic E-state index is 0.926. The van der Waals surface area contributed by atoms with E-state index in [1.54, 1.807) is 14.2 Å². The minimum atomic E-state index is 0.926. The van der Waals surface area contributed by atoms with Gasteiger partial charge in [0.1, 0.15) is 11.5 Å². The number of ether oxygens (including phenoxy) is 2. The maximum atomic E-state index is 5.59. The number of rotatable bonds is 5. The molecule has 0 heterocycles. The molecule has 24 heavy (non-hydrogen) atoms. The monoisotopic (exact) mass is 326 g/mol. The third-order valence-electron chi connectivity index (χ3n) is 5.60. The summed E-state index contributed by atoms with van der Waals surface area (Å²) in [7, 11) is 3.46. The molecule has 0 aliphatic rings. The lowest BCUT2D eigenvalue weighted by molar-refractivity contribution is 0.396. The highest BCUT2D eigenvalue weighted by Gasteiger charge is 2.14. The van der Waals surface area contributed by atoms with E-state index in [-0.39, 0.29) is 0 Å². The van der Waals surface area contributed by atoms with Crippen molar-refractivity contribution in [3.8, 4) is 11.5 Å². The molecule has 0 amide bonds. The van der Waals surface area contributed by atoms with Crippen LogP contribution >= 0.6 is 0 Å². The summed E-state index contributed by atoms with van der Waals surface area (Å²) in [6, 6.07) is 4.19. The van der Waals surface area contributed by atoms with Gasteiger partial charge in [-0.2, -0.15) is 0 Å². The molecular formula is C22H30O2. The molecule has 0 unspecified atom stereocenters. The summed E-state index contributed by atoms with van der Waals surface area (Å²) in [4.78, 5) is 0. The molecule has 0 aliphatic carbocycles. The molecule has 0 saturated heterocycles. The quantitative estimate of drug-likeness (QED) is 0.738. The lowest BCUT2D eigenvalue weighted by Crippen LogP contribution is -2.05. The molecule has 0 spiro atoms. The Bertz CT molecular complexity index is 728. The van der Waals surface area contributed by atoms with E-state index in [1.807, 2.05) is 6.92 Å². The van der Waals surface area contributed by atoms with Crippen LogP contribution < -0.4 is 9.47 Å². The van der Waals surface area contributed by atoms with Crippen molar-refractivity contribution >= 4 is 0 Å². The molecule has 0 radical (unpaired) electrons. The van der Waals surface area contributed by atoms with Gasteiger partial charge in [-0.05, 0) is 111 Å². The lowest BCUT2D eigenvalue weighted by atomic mass is 9.87. The molecule has 0 aromatic heterocycles. The standard InChI is InChI=1S/C22H30O2/c1-13-11-22(24-8)19(12-21(13)23-7)9-10-20-17(5)15(3)14(2)16(4)18(20)6/h11-12H,9-10H2,1-8H3. The Hall–Kier alpha value is -1.96. The van der Waals surface area contributed by atoms with Gasteiger partial charge in [0.15, 0.2) is 0 Å². The number of aryl methyl sites for hydroxylation is 2. The smallest absolute Gasteiger partial charge is 0.122 e. The minimum Gasteiger partial charge on any atom is -0.496 e. The number of benzene rings is 2. The summed E-state index contributed by atoms with van der Waals surface area (Å²) in [5.41, 5.74) is 10.9. The van der Waals surface area contributed by atoms with E-state index in [0.29, 0.717) is 0 Å². The molecule has 0 bridgehead atoms. The molecule has 2 heteroatoms. The van der Waals surface area contributed by atoms with Crippen LogP contribution in [0.3, 0.4) is 0 Å². The van der Waals surface area contributed by atoms with Crippen LogP contribution in [-0.2, 0) is 12.8 Å². The second-order valence-electron chi connectivity index (χ2n) is 6.74. The van der Waals surface area contributed by atoms with Gasteiger partial charge < -0.3 is 9.47 Å². The van der Waals surface area contributed by atoms with Gasteiger partial charge in [0.2, 0.25) is 0 Å². The van der Waals surface area contributed by atoms with Crippen molar-refractivity contribution in [1.82, 2.24) is 0 Å². The highest BCUT2D eigenvalue weighted by atomic mass is 16.5. The summed E-state index contributed by atoms with van der Waals surface area (Å²) >= 11 is 0. The molecular weight excluding hydrogens is 296 g/mol. The Morgan fingerprint density at radius 1 is 0.625 bits per heavy atom. The second-order valence-corrected chi connectivity index (χ2v) is 6.74. The molecule has 0 fully saturated rings. The lowest BCUT2D eigenvalue weighted by Gasteiger charge is -2.19. The summed E-state index contributed by atoms with van der Waals surface area (Å²) in [5.74, 6) is 1.87. The molecule has 2 aromatic carbocycles. The Kier molecular flexibility index (Phi) is 5.58. The predicted octanol–water partition coefficient (Wildman–Crippen LogP) is 5.34. The van der Waals surface area contributed by atoms with Gasteiger partial charge in [0, 0.05) is 0 Å². The van der Waals surface area contributed by atoms with Crippen LogP contribution in [0.5, 0.6) is 11.5 Å². The van der Waals surface area contributed by atoms with E-state index in [1.165, 1.54) is 38.9 Å². The first-order valence-corrected chi connectivity index (χ1v) is 8.59. The van der Waals surface area contributed by atoms with E-state index < -0.39 is 0 Å². The van der Waals surface area contributed by atoms with Crippen LogP contribution in [0, 0.1) is 41.5 Å². The largest absolute Gasteiger partial charge is 0.496 e. The summed E-state index contributed by atoms with van der Waals surface area (Å²) in [5, 5.41) is 0. The summed E-state index contributed by atoms with van der Waals surface area (Å²) in [6.07, 6.45) is 1.96. The number of methoxy groups -OCH3 is 2. The Balaban J connectivity index is 2.39. The maximum Gasteiger partial charge on any atom is 0.122 e. The fourth-order valence-electron chi connectivity index (χ4n) is 3.52. The summed E-state index contributed by atoms with van der Waals surface area (Å²) in [6.45, 7) is 13.2. The van der Waals surface area contributed by atoms with Gasteiger partial charge in [-0.3, -0.25) is 0 Å². The fourth-order valence-corrected chi connectivity index (χ4v) is 3.52. The van der Waals surface area contributed by atoms with Crippen molar-refractivity contribution in [2.45, 2.75) is 54.4 Å². The Labute approximate surface area is 146 Å². The Morgan fingerprint density at radius 2 is 1.12 bits per heavy atom. The van der Waals surface area contributed by atoms with E-state index in [2.05, 4.69) is 46.8 Å². The highest BCUT2D eigenvalue weighted by Crippen LogP contribution is 2.31. The molecule has 0 aliphatic heterocycles. The van der Waals surface area contributed by atoms with Crippen molar-refractivity contribution in [3.05, 3.63) is 56.6 Å². The average molecular weight is 326 g/mol. The van der Waals surface area contributed by atoms with E-state index in [4.69, 9.17) is 9.47 Å². The molecule has 130 valence electrons. The van der Waals surface area contributed by atoms with E-state index >= 15 is 0 Å². The first kappa shape index (κ1) is 18.4. The highest BCUT2D eigenvalue weighted by molar-refractivity contribution is 5.51. The second kappa shape index (κ2) is 7.29. The molecule has 2 rings (SSSR count). The van der Waals surface area contributed by atoms with Crippen molar-refractivity contribution in [1.29, 1.82) is 0 Å². The fraction of sp³-hybridized carbons (Fsp3) is 0.455. The van der Waals surface area contributed by atoms with Gasteiger partial charge in [0.05, 0.1) is 14.2 Å². The van der Waals surface area contributed by atoms with Gasteiger partial charge >= 0.3 is 0 Å².